The number of fused-ring (bicyclic) bond motifs is 1. The Labute approximate surface area is 171 Å². The largest absolute Gasteiger partial charge is 0.483 e. The third-order valence-electron chi connectivity index (χ3n) is 4.66. The molecule has 0 saturated heterocycles. The number of amides is 2. The minimum Gasteiger partial charge on any atom is -0.483 e. The quantitative estimate of drug-likeness (QED) is 0.778. The maximum atomic E-state index is 12.4. The molecule has 0 bridgehead atoms. The topological polar surface area (TPSA) is 71.1 Å². The molecule has 0 atom stereocenters. The highest BCUT2D eigenvalue weighted by Gasteiger charge is 2.25. The van der Waals surface area contributed by atoms with Gasteiger partial charge in [-0.25, -0.2) is 0 Å². The second-order valence-corrected chi connectivity index (χ2v) is 7.43. The van der Waals surface area contributed by atoms with Gasteiger partial charge in [-0.2, -0.15) is 0 Å². The van der Waals surface area contributed by atoms with E-state index in [9.17, 15) is 9.59 Å². The van der Waals surface area contributed by atoms with Gasteiger partial charge >= 0.3 is 0 Å². The van der Waals surface area contributed by atoms with Gasteiger partial charge in [-0.3, -0.25) is 9.59 Å². The number of carbonyl (C=O) groups excluding carboxylic acids is 2. The van der Waals surface area contributed by atoms with Crippen LogP contribution in [0.1, 0.15) is 11.1 Å². The van der Waals surface area contributed by atoms with E-state index in [0.29, 0.717) is 29.4 Å². The van der Waals surface area contributed by atoms with E-state index >= 15 is 0 Å². The molecule has 3 rings (SSSR count). The number of anilines is 2. The normalized spacial score (nSPS) is 13.1. The number of carbonyl (C=O) groups is 2. The predicted molar refractivity (Wildman–Crippen MR) is 113 cm³/mol. The maximum absolute atomic E-state index is 12.4. The van der Waals surface area contributed by atoms with Crippen molar-refractivity contribution in [3.05, 3.63) is 47.5 Å². The fourth-order valence-electron chi connectivity index (χ4n) is 3.03. The number of benzene rings is 2. The first-order valence-electron chi connectivity index (χ1n) is 9.55. The molecule has 0 fully saturated rings. The Hall–Kier alpha value is -3.06. The number of hydrogen-bond donors (Lipinski definition) is 1. The van der Waals surface area contributed by atoms with Crippen LogP contribution in [-0.4, -0.2) is 57.1 Å². The van der Waals surface area contributed by atoms with Crippen LogP contribution >= 0.6 is 0 Å². The zero-order valence-electron chi connectivity index (χ0n) is 17.3. The molecule has 0 saturated carbocycles. The minimum atomic E-state index is -0.270. The summed E-state index contributed by atoms with van der Waals surface area (Å²) < 4.78 is 11.2. The molecule has 1 N–H and O–H groups in total. The summed E-state index contributed by atoms with van der Waals surface area (Å²) in [6.45, 7) is 5.12. The Morgan fingerprint density at radius 1 is 1.21 bits per heavy atom. The Bertz CT molecular complexity index is 911. The van der Waals surface area contributed by atoms with Crippen LogP contribution in [-0.2, 0) is 9.59 Å². The Morgan fingerprint density at radius 2 is 2.00 bits per heavy atom. The summed E-state index contributed by atoms with van der Waals surface area (Å²) in [5, 5.41) is 2.83. The number of aryl methyl sites for hydroxylation is 2. The monoisotopic (exact) mass is 397 g/mol. The second-order valence-electron chi connectivity index (χ2n) is 7.43. The highest BCUT2D eigenvalue weighted by molar-refractivity contribution is 5.99. The molecule has 2 aromatic carbocycles. The second kappa shape index (κ2) is 8.96. The molecular formula is C22H27N3O4. The molecule has 7 nitrogen and oxygen atoms in total. The molecule has 2 aromatic rings. The standard InChI is InChI=1S/C22H27N3O4/c1-15-5-6-16(2)20(11-15)28-13-21(26)23-17-7-8-19-18(12-17)25(10-9-24(3)4)22(27)14-29-19/h5-8,11-12H,9-10,13-14H2,1-4H3,(H,23,26). The summed E-state index contributed by atoms with van der Waals surface area (Å²) >= 11 is 0. The van der Waals surface area contributed by atoms with Gasteiger partial charge in [0.2, 0.25) is 0 Å². The summed E-state index contributed by atoms with van der Waals surface area (Å²) in [4.78, 5) is 28.4. The van der Waals surface area contributed by atoms with E-state index in [-0.39, 0.29) is 25.0 Å². The third kappa shape index (κ3) is 5.26. The lowest BCUT2D eigenvalue weighted by molar-refractivity contribution is -0.121. The van der Waals surface area contributed by atoms with Crippen molar-refractivity contribution in [2.24, 2.45) is 0 Å². The van der Waals surface area contributed by atoms with Crippen molar-refractivity contribution >= 4 is 23.2 Å². The van der Waals surface area contributed by atoms with Gasteiger partial charge in [-0.1, -0.05) is 12.1 Å². The molecule has 0 spiro atoms. The number of rotatable bonds is 7. The van der Waals surface area contributed by atoms with Crippen LogP contribution in [0.15, 0.2) is 36.4 Å². The zero-order chi connectivity index (χ0) is 21.0. The van der Waals surface area contributed by atoms with Crippen LogP contribution in [0.4, 0.5) is 11.4 Å². The maximum Gasteiger partial charge on any atom is 0.265 e. The average Bonchev–Trinajstić information content (AvgIpc) is 2.67. The van der Waals surface area contributed by atoms with E-state index in [1.54, 1.807) is 23.1 Å². The summed E-state index contributed by atoms with van der Waals surface area (Å²) in [5.74, 6) is 0.960. The number of likely N-dealkylation sites (N-methyl/N-ethyl adjacent to an activating group) is 1. The summed E-state index contributed by atoms with van der Waals surface area (Å²) in [6, 6.07) is 11.2. The number of nitrogens with one attached hydrogen (secondary N) is 1. The molecule has 1 heterocycles. The van der Waals surface area contributed by atoms with Crippen molar-refractivity contribution in [3.8, 4) is 11.5 Å². The Morgan fingerprint density at radius 3 is 2.76 bits per heavy atom. The molecule has 29 heavy (non-hydrogen) atoms. The smallest absolute Gasteiger partial charge is 0.265 e. The van der Waals surface area contributed by atoms with Crippen LogP contribution in [0.3, 0.4) is 0 Å². The SMILES string of the molecule is Cc1ccc(C)c(OCC(=O)Nc2ccc3c(c2)N(CCN(C)C)C(=O)CO3)c1. The summed E-state index contributed by atoms with van der Waals surface area (Å²) in [5.41, 5.74) is 3.30. The van der Waals surface area contributed by atoms with Crippen LogP contribution in [0.2, 0.25) is 0 Å². The fraction of sp³-hybridized carbons (Fsp3) is 0.364. The van der Waals surface area contributed by atoms with Crippen LogP contribution in [0, 0.1) is 13.8 Å². The van der Waals surface area contributed by atoms with Gasteiger partial charge in [0.1, 0.15) is 11.5 Å². The predicted octanol–water partition coefficient (Wildman–Crippen LogP) is 2.61. The lowest BCUT2D eigenvalue weighted by Crippen LogP contribution is -2.42. The van der Waals surface area contributed by atoms with E-state index < -0.39 is 0 Å². The summed E-state index contributed by atoms with van der Waals surface area (Å²) in [6.07, 6.45) is 0. The first-order valence-corrected chi connectivity index (χ1v) is 9.55. The van der Waals surface area contributed by atoms with Crippen LogP contribution < -0.4 is 19.7 Å². The van der Waals surface area contributed by atoms with Crippen LogP contribution in [0.5, 0.6) is 11.5 Å². The highest BCUT2D eigenvalue weighted by Crippen LogP contribution is 2.34. The lowest BCUT2D eigenvalue weighted by atomic mass is 10.1. The zero-order valence-corrected chi connectivity index (χ0v) is 17.3. The molecule has 0 unspecified atom stereocenters. The van der Waals surface area contributed by atoms with E-state index in [4.69, 9.17) is 9.47 Å². The van der Waals surface area contributed by atoms with Gasteiger partial charge in [0.25, 0.3) is 11.8 Å². The molecule has 1 aliphatic heterocycles. The molecule has 2 amide bonds. The van der Waals surface area contributed by atoms with Gasteiger partial charge in [0, 0.05) is 18.8 Å². The Balaban J connectivity index is 1.67. The van der Waals surface area contributed by atoms with Crippen molar-refractivity contribution < 1.29 is 19.1 Å². The number of ether oxygens (including phenoxy) is 2. The van der Waals surface area contributed by atoms with Crippen molar-refractivity contribution in [1.82, 2.24) is 4.90 Å². The van der Waals surface area contributed by atoms with Gasteiger partial charge in [-0.15, -0.1) is 0 Å². The molecule has 154 valence electrons. The van der Waals surface area contributed by atoms with Crippen molar-refractivity contribution in [1.29, 1.82) is 0 Å². The molecule has 0 aliphatic carbocycles. The average molecular weight is 397 g/mol. The third-order valence-corrected chi connectivity index (χ3v) is 4.66. The lowest BCUT2D eigenvalue weighted by Gasteiger charge is -2.30. The number of hydrogen-bond acceptors (Lipinski definition) is 5. The van der Waals surface area contributed by atoms with E-state index in [0.717, 1.165) is 17.7 Å². The van der Waals surface area contributed by atoms with Gasteiger partial charge in [-0.05, 0) is 63.3 Å². The van der Waals surface area contributed by atoms with Crippen LogP contribution in [0.25, 0.3) is 0 Å². The highest BCUT2D eigenvalue weighted by atomic mass is 16.5. The molecular weight excluding hydrogens is 370 g/mol. The molecule has 7 heteroatoms. The first kappa shape index (κ1) is 20.7. The van der Waals surface area contributed by atoms with Crippen molar-refractivity contribution in [2.75, 3.05) is 50.6 Å². The summed E-state index contributed by atoms with van der Waals surface area (Å²) in [7, 11) is 3.91. The van der Waals surface area contributed by atoms with E-state index in [2.05, 4.69) is 5.32 Å². The van der Waals surface area contributed by atoms with Gasteiger partial charge in [0.05, 0.1) is 5.69 Å². The minimum absolute atomic E-state index is 0.0236. The molecule has 0 radical (unpaired) electrons. The van der Waals surface area contributed by atoms with Crippen molar-refractivity contribution in [3.63, 3.8) is 0 Å². The van der Waals surface area contributed by atoms with E-state index in [1.165, 1.54) is 0 Å². The first-order chi connectivity index (χ1) is 13.8. The molecule has 1 aliphatic rings. The van der Waals surface area contributed by atoms with Gasteiger partial charge in [0.15, 0.2) is 13.2 Å². The van der Waals surface area contributed by atoms with Gasteiger partial charge < -0.3 is 24.6 Å². The number of nitrogens with zero attached hydrogens (tertiary/aromatic N) is 2. The fourth-order valence-corrected chi connectivity index (χ4v) is 3.03. The van der Waals surface area contributed by atoms with Crippen molar-refractivity contribution in [2.45, 2.75) is 13.8 Å². The van der Waals surface area contributed by atoms with E-state index in [1.807, 2.05) is 51.0 Å². The Kier molecular flexibility index (Phi) is 6.39. The molecule has 0 aromatic heterocycles.